The van der Waals surface area contributed by atoms with Gasteiger partial charge < -0.3 is 15.0 Å². The zero-order chi connectivity index (χ0) is 13.8. The van der Waals surface area contributed by atoms with Crippen molar-refractivity contribution in [2.45, 2.75) is 32.7 Å². The molecule has 0 spiro atoms. The average molecular weight is 283 g/mol. The molecule has 1 fully saturated rings. The van der Waals surface area contributed by atoms with E-state index in [1.807, 2.05) is 13.8 Å². The summed E-state index contributed by atoms with van der Waals surface area (Å²) >= 11 is 1.33. The van der Waals surface area contributed by atoms with Crippen molar-refractivity contribution in [1.82, 2.24) is 9.27 Å². The topological polar surface area (TPSA) is 54.5 Å². The van der Waals surface area contributed by atoms with Crippen LogP contribution in [0.3, 0.4) is 0 Å². The number of carbonyl (C=O) groups is 1. The zero-order valence-electron chi connectivity index (χ0n) is 11.7. The Morgan fingerprint density at radius 3 is 3.05 bits per heavy atom. The van der Waals surface area contributed by atoms with Crippen LogP contribution in [-0.2, 0) is 4.74 Å². The van der Waals surface area contributed by atoms with E-state index < -0.39 is 0 Å². The van der Waals surface area contributed by atoms with Crippen molar-refractivity contribution in [3.8, 4) is 0 Å². The lowest BCUT2D eigenvalue weighted by Gasteiger charge is -2.19. The number of rotatable bonds is 5. The lowest BCUT2D eigenvalue weighted by atomic mass is 10.2. The number of aryl methyl sites for hydroxylation is 1. The molecule has 2 heterocycles. The van der Waals surface area contributed by atoms with E-state index in [2.05, 4.69) is 21.6 Å². The van der Waals surface area contributed by atoms with Gasteiger partial charge in [0.2, 0.25) is 0 Å². The van der Waals surface area contributed by atoms with Gasteiger partial charge in [-0.15, -0.1) is 0 Å². The second-order valence-electron chi connectivity index (χ2n) is 4.85. The highest BCUT2D eigenvalue weighted by Crippen LogP contribution is 2.26. The van der Waals surface area contributed by atoms with Crippen molar-refractivity contribution < 1.29 is 9.53 Å². The third kappa shape index (κ3) is 3.25. The lowest BCUT2D eigenvalue weighted by molar-refractivity contribution is 0.0527. The molecule has 1 aromatic heterocycles. The molecule has 0 radical (unpaired) electrons. The zero-order valence-corrected chi connectivity index (χ0v) is 12.5. The summed E-state index contributed by atoms with van der Waals surface area (Å²) in [5.74, 6) is -0.281. The summed E-state index contributed by atoms with van der Waals surface area (Å²) in [6.07, 6.45) is 2.45. The normalized spacial score (nSPS) is 19.6. The van der Waals surface area contributed by atoms with E-state index in [9.17, 15) is 4.79 Å². The molecule has 0 aliphatic carbocycles. The van der Waals surface area contributed by atoms with Gasteiger partial charge in [-0.25, -0.2) is 4.79 Å². The second-order valence-corrected chi connectivity index (χ2v) is 5.62. The molecule has 2 rings (SSSR count). The van der Waals surface area contributed by atoms with Crippen molar-refractivity contribution in [2.24, 2.45) is 0 Å². The van der Waals surface area contributed by atoms with E-state index in [0.717, 1.165) is 23.8 Å². The molecule has 1 atom stereocenters. The number of hydrogen-bond donors (Lipinski definition) is 1. The first-order chi connectivity index (χ1) is 9.13. The van der Waals surface area contributed by atoms with Gasteiger partial charge in [-0.05, 0) is 51.8 Å². The average Bonchev–Trinajstić information content (AvgIpc) is 2.93. The highest BCUT2D eigenvalue weighted by atomic mass is 32.1. The summed E-state index contributed by atoms with van der Waals surface area (Å²) in [4.78, 5) is 14.3. The number of hydrogen-bond acceptors (Lipinski definition) is 6. The molecule has 1 saturated heterocycles. The number of nitrogens with zero attached hydrogens (tertiary/aromatic N) is 2. The molecule has 0 saturated carbocycles. The molecule has 1 aliphatic rings. The van der Waals surface area contributed by atoms with E-state index in [-0.39, 0.29) is 5.97 Å². The number of aromatic nitrogens is 1. The molecule has 1 unspecified atom stereocenters. The molecular formula is C13H21N3O2S. The number of anilines is 1. The fourth-order valence-electron chi connectivity index (χ4n) is 2.38. The Morgan fingerprint density at radius 1 is 1.63 bits per heavy atom. The van der Waals surface area contributed by atoms with Crippen molar-refractivity contribution in [3.05, 3.63) is 11.3 Å². The maximum Gasteiger partial charge on any atom is 0.343 e. The van der Waals surface area contributed by atoms with Gasteiger partial charge in [0, 0.05) is 12.6 Å². The third-order valence-electron chi connectivity index (χ3n) is 3.51. The smallest absolute Gasteiger partial charge is 0.343 e. The van der Waals surface area contributed by atoms with Crippen LogP contribution in [0, 0.1) is 6.92 Å². The number of likely N-dealkylation sites (tertiary alicyclic amines) is 1. The minimum Gasteiger partial charge on any atom is -0.462 e. The molecule has 0 bridgehead atoms. The van der Waals surface area contributed by atoms with Gasteiger partial charge in [-0.2, -0.15) is 4.37 Å². The van der Waals surface area contributed by atoms with Crippen LogP contribution in [0.5, 0.6) is 0 Å². The monoisotopic (exact) mass is 283 g/mol. The van der Waals surface area contributed by atoms with Gasteiger partial charge in [0.15, 0.2) is 0 Å². The van der Waals surface area contributed by atoms with Crippen LogP contribution < -0.4 is 5.32 Å². The minimum atomic E-state index is -0.281. The number of ether oxygens (including phenoxy) is 1. The first-order valence-corrected chi connectivity index (χ1v) is 7.48. The largest absolute Gasteiger partial charge is 0.462 e. The predicted octanol–water partition coefficient (Wildman–Crippen LogP) is 2.13. The van der Waals surface area contributed by atoms with Crippen molar-refractivity contribution >= 4 is 22.5 Å². The summed E-state index contributed by atoms with van der Waals surface area (Å²) in [6, 6.07) is 0.539. The maximum absolute atomic E-state index is 11.9. The first kappa shape index (κ1) is 14.3. The summed E-state index contributed by atoms with van der Waals surface area (Å²) in [6.45, 7) is 6.05. The van der Waals surface area contributed by atoms with E-state index >= 15 is 0 Å². The van der Waals surface area contributed by atoms with Crippen LogP contribution in [0.1, 0.15) is 35.8 Å². The summed E-state index contributed by atoms with van der Waals surface area (Å²) in [5.41, 5.74) is 1.33. The van der Waals surface area contributed by atoms with Gasteiger partial charge in [-0.3, -0.25) is 0 Å². The molecule has 106 valence electrons. The first-order valence-electron chi connectivity index (χ1n) is 6.71. The van der Waals surface area contributed by atoms with Crippen molar-refractivity contribution in [3.63, 3.8) is 0 Å². The maximum atomic E-state index is 11.9. The molecule has 1 aromatic rings. The molecule has 1 N–H and O–H groups in total. The highest BCUT2D eigenvalue weighted by Gasteiger charge is 2.23. The summed E-state index contributed by atoms with van der Waals surface area (Å²) in [5, 5.41) is 4.19. The SMILES string of the molecule is CCOC(=O)c1c(C)nsc1NCC1CCCN1C. The van der Waals surface area contributed by atoms with Gasteiger partial charge in [0.25, 0.3) is 0 Å². The number of carbonyl (C=O) groups excluding carboxylic acids is 1. The number of nitrogens with one attached hydrogen (secondary N) is 1. The van der Waals surface area contributed by atoms with Crippen LogP contribution in [0.15, 0.2) is 0 Å². The Kier molecular flexibility index (Phi) is 4.76. The summed E-state index contributed by atoms with van der Waals surface area (Å²) < 4.78 is 9.33. The fraction of sp³-hybridized carbons (Fsp3) is 0.692. The number of likely N-dealkylation sites (N-methyl/N-ethyl adjacent to an activating group) is 1. The second kappa shape index (κ2) is 6.34. The predicted molar refractivity (Wildman–Crippen MR) is 76.9 cm³/mol. The summed E-state index contributed by atoms with van der Waals surface area (Å²) in [7, 11) is 2.14. The van der Waals surface area contributed by atoms with Crippen molar-refractivity contribution in [2.75, 3.05) is 32.1 Å². The Labute approximate surface area is 118 Å². The van der Waals surface area contributed by atoms with Crippen LogP contribution >= 0.6 is 11.5 Å². The Balaban J connectivity index is 2.02. The van der Waals surface area contributed by atoms with Crippen LogP contribution in [-0.4, -0.2) is 48.0 Å². The van der Waals surface area contributed by atoms with E-state index in [1.54, 1.807) is 0 Å². The molecule has 0 aromatic carbocycles. The van der Waals surface area contributed by atoms with Crippen molar-refractivity contribution in [1.29, 1.82) is 0 Å². The van der Waals surface area contributed by atoms with Gasteiger partial charge in [-0.1, -0.05) is 0 Å². The quantitative estimate of drug-likeness (QED) is 0.839. The van der Waals surface area contributed by atoms with Gasteiger partial charge in [0.1, 0.15) is 10.6 Å². The molecule has 0 amide bonds. The Bertz CT molecular complexity index is 447. The molecule has 19 heavy (non-hydrogen) atoms. The van der Waals surface area contributed by atoms with Crippen LogP contribution in [0.2, 0.25) is 0 Å². The molecular weight excluding hydrogens is 262 g/mol. The minimum absolute atomic E-state index is 0.281. The fourth-order valence-corrected chi connectivity index (χ4v) is 3.17. The molecule has 5 nitrogen and oxygen atoms in total. The standard InChI is InChI=1S/C13H21N3O2S/c1-4-18-13(17)11-9(2)15-19-12(11)14-8-10-6-5-7-16(10)3/h10,14H,4-8H2,1-3H3. The van der Waals surface area contributed by atoms with Crippen LogP contribution in [0.4, 0.5) is 5.00 Å². The highest BCUT2D eigenvalue weighted by molar-refractivity contribution is 7.10. The Hall–Kier alpha value is -1.14. The van der Waals surface area contributed by atoms with E-state index in [1.165, 1.54) is 24.4 Å². The van der Waals surface area contributed by atoms with E-state index in [4.69, 9.17) is 4.74 Å². The number of esters is 1. The van der Waals surface area contributed by atoms with Crippen LogP contribution in [0.25, 0.3) is 0 Å². The Morgan fingerprint density at radius 2 is 2.42 bits per heavy atom. The van der Waals surface area contributed by atoms with Gasteiger partial charge >= 0.3 is 5.97 Å². The molecule has 1 aliphatic heterocycles. The van der Waals surface area contributed by atoms with E-state index in [0.29, 0.717) is 18.2 Å². The third-order valence-corrected chi connectivity index (χ3v) is 4.41. The van der Waals surface area contributed by atoms with Gasteiger partial charge in [0.05, 0.1) is 12.3 Å². The molecule has 6 heteroatoms. The lowest BCUT2D eigenvalue weighted by Crippen LogP contribution is -2.31.